The van der Waals surface area contributed by atoms with Crippen molar-refractivity contribution < 1.29 is 4.39 Å². The van der Waals surface area contributed by atoms with Crippen LogP contribution in [-0.2, 0) is 6.42 Å². The fourth-order valence-corrected chi connectivity index (χ4v) is 3.28. The molecule has 1 nitrogen and oxygen atoms in total. The van der Waals surface area contributed by atoms with Gasteiger partial charge in [-0.3, -0.25) is 0 Å². The van der Waals surface area contributed by atoms with Gasteiger partial charge in [-0.25, -0.2) is 4.39 Å². The summed E-state index contributed by atoms with van der Waals surface area (Å²) in [7, 11) is 0. The fraction of sp³-hybridized carbons (Fsp3) is 0.250. The van der Waals surface area contributed by atoms with E-state index in [4.69, 9.17) is 23.2 Å². The molecule has 1 N–H and O–H groups in total. The van der Waals surface area contributed by atoms with Crippen LogP contribution in [0.2, 0.25) is 10.0 Å². The minimum Gasteiger partial charge on any atom is -0.310 e. The fourth-order valence-electron chi connectivity index (χ4n) is 2.23. The molecule has 5 heteroatoms. The van der Waals surface area contributed by atoms with Gasteiger partial charge in [-0.2, -0.15) is 0 Å². The Morgan fingerprint density at radius 1 is 1.14 bits per heavy atom. The van der Waals surface area contributed by atoms with Crippen LogP contribution in [-0.4, -0.2) is 6.54 Å². The van der Waals surface area contributed by atoms with Gasteiger partial charge in [0.2, 0.25) is 0 Å². The summed E-state index contributed by atoms with van der Waals surface area (Å²) in [5, 5.41) is 4.50. The van der Waals surface area contributed by atoms with E-state index in [2.05, 4.69) is 21.2 Å². The molecule has 0 heterocycles. The molecule has 0 bridgehead atoms. The van der Waals surface area contributed by atoms with Crippen molar-refractivity contribution >= 4 is 39.1 Å². The quantitative estimate of drug-likeness (QED) is 0.681. The van der Waals surface area contributed by atoms with Crippen molar-refractivity contribution in [2.24, 2.45) is 0 Å². The SMILES string of the molecule is CCNC(Cc1ccc(Br)cc1Cl)c1ccc(F)cc1Cl. The number of rotatable bonds is 5. The normalized spacial score (nSPS) is 12.4. The highest BCUT2D eigenvalue weighted by Crippen LogP contribution is 2.30. The summed E-state index contributed by atoms with van der Waals surface area (Å²) in [5.74, 6) is -0.333. The topological polar surface area (TPSA) is 12.0 Å². The molecule has 2 aromatic carbocycles. The van der Waals surface area contributed by atoms with Gasteiger partial charge in [0.05, 0.1) is 0 Å². The number of halogens is 4. The van der Waals surface area contributed by atoms with Gasteiger partial charge in [0, 0.05) is 20.6 Å². The van der Waals surface area contributed by atoms with Crippen LogP contribution in [0, 0.1) is 5.82 Å². The van der Waals surface area contributed by atoms with Crippen LogP contribution in [0.3, 0.4) is 0 Å². The maximum absolute atomic E-state index is 13.2. The van der Waals surface area contributed by atoms with Crippen LogP contribution < -0.4 is 5.32 Å². The molecule has 0 radical (unpaired) electrons. The third kappa shape index (κ3) is 4.43. The first-order chi connectivity index (χ1) is 10.0. The number of likely N-dealkylation sites (N-methyl/N-ethyl adjacent to an activating group) is 1. The third-order valence-corrected chi connectivity index (χ3v) is 4.40. The largest absolute Gasteiger partial charge is 0.310 e. The van der Waals surface area contributed by atoms with Gasteiger partial charge in [0.1, 0.15) is 5.82 Å². The standard InChI is InChI=1S/C16H15BrCl2FN/c1-2-21-16(13-6-5-12(20)9-15(13)19)7-10-3-4-11(17)8-14(10)18/h3-6,8-9,16,21H,2,7H2,1H3. The van der Waals surface area contributed by atoms with Gasteiger partial charge in [-0.05, 0) is 48.4 Å². The van der Waals surface area contributed by atoms with E-state index in [1.807, 2.05) is 25.1 Å². The van der Waals surface area contributed by atoms with E-state index in [0.717, 1.165) is 22.1 Å². The van der Waals surface area contributed by atoms with E-state index in [1.54, 1.807) is 6.07 Å². The third-order valence-electron chi connectivity index (χ3n) is 3.23. The van der Waals surface area contributed by atoms with E-state index in [9.17, 15) is 4.39 Å². The molecule has 0 aliphatic rings. The minimum absolute atomic E-state index is 0.0122. The van der Waals surface area contributed by atoms with Gasteiger partial charge < -0.3 is 5.32 Å². The molecule has 0 fully saturated rings. The summed E-state index contributed by atoms with van der Waals surface area (Å²) in [5.41, 5.74) is 1.89. The van der Waals surface area contributed by atoms with E-state index < -0.39 is 0 Å². The molecule has 0 saturated carbocycles. The van der Waals surface area contributed by atoms with Gasteiger partial charge in [-0.1, -0.05) is 58.2 Å². The van der Waals surface area contributed by atoms with Gasteiger partial charge >= 0.3 is 0 Å². The molecule has 0 aromatic heterocycles. The summed E-state index contributed by atoms with van der Waals surface area (Å²) in [4.78, 5) is 0. The maximum Gasteiger partial charge on any atom is 0.124 e. The highest BCUT2D eigenvalue weighted by molar-refractivity contribution is 9.10. The molecule has 1 unspecified atom stereocenters. The Balaban J connectivity index is 2.30. The lowest BCUT2D eigenvalue weighted by Crippen LogP contribution is -2.23. The molecule has 1 atom stereocenters. The maximum atomic E-state index is 13.2. The van der Waals surface area contributed by atoms with Crippen molar-refractivity contribution in [2.45, 2.75) is 19.4 Å². The second-order valence-corrected chi connectivity index (χ2v) is 6.45. The average Bonchev–Trinajstić information content (AvgIpc) is 2.41. The van der Waals surface area contributed by atoms with Crippen LogP contribution in [0.1, 0.15) is 24.1 Å². The highest BCUT2D eigenvalue weighted by atomic mass is 79.9. The lowest BCUT2D eigenvalue weighted by atomic mass is 9.98. The van der Waals surface area contributed by atoms with Crippen molar-refractivity contribution in [3.05, 3.63) is 67.9 Å². The summed E-state index contributed by atoms with van der Waals surface area (Å²) < 4.78 is 14.1. The van der Waals surface area contributed by atoms with Crippen LogP contribution in [0.15, 0.2) is 40.9 Å². The molecule has 0 aliphatic carbocycles. The van der Waals surface area contributed by atoms with Crippen molar-refractivity contribution in [1.82, 2.24) is 5.32 Å². The van der Waals surface area contributed by atoms with Gasteiger partial charge in [0.25, 0.3) is 0 Å². The van der Waals surface area contributed by atoms with Crippen LogP contribution >= 0.6 is 39.1 Å². The zero-order valence-electron chi connectivity index (χ0n) is 11.5. The van der Waals surface area contributed by atoms with Crippen LogP contribution in [0.4, 0.5) is 4.39 Å². The van der Waals surface area contributed by atoms with Crippen LogP contribution in [0.5, 0.6) is 0 Å². The second-order valence-electron chi connectivity index (χ2n) is 4.72. The summed E-state index contributed by atoms with van der Waals surface area (Å²) >= 11 is 15.8. The number of hydrogen-bond donors (Lipinski definition) is 1. The predicted octanol–water partition coefficient (Wildman–Crippen LogP) is 5.79. The predicted molar refractivity (Wildman–Crippen MR) is 90.7 cm³/mol. The zero-order chi connectivity index (χ0) is 15.4. The van der Waals surface area contributed by atoms with E-state index in [0.29, 0.717) is 16.5 Å². The summed E-state index contributed by atoms with van der Waals surface area (Å²) in [6.45, 7) is 2.81. The Morgan fingerprint density at radius 3 is 2.52 bits per heavy atom. The smallest absolute Gasteiger partial charge is 0.124 e. The van der Waals surface area contributed by atoms with Crippen LogP contribution in [0.25, 0.3) is 0 Å². The van der Waals surface area contributed by atoms with Crippen molar-refractivity contribution in [3.63, 3.8) is 0 Å². The molecule has 112 valence electrons. The number of benzene rings is 2. The molecule has 0 amide bonds. The zero-order valence-corrected chi connectivity index (χ0v) is 14.6. The molecule has 0 spiro atoms. The van der Waals surface area contributed by atoms with E-state index >= 15 is 0 Å². The van der Waals surface area contributed by atoms with Crippen molar-refractivity contribution in [3.8, 4) is 0 Å². The molecular weight excluding hydrogens is 376 g/mol. The lowest BCUT2D eigenvalue weighted by Gasteiger charge is -2.20. The average molecular weight is 391 g/mol. The van der Waals surface area contributed by atoms with E-state index in [-0.39, 0.29) is 11.9 Å². The Labute approximate surface area is 142 Å². The molecule has 2 rings (SSSR count). The first kappa shape index (κ1) is 16.8. The van der Waals surface area contributed by atoms with Gasteiger partial charge in [-0.15, -0.1) is 0 Å². The molecule has 0 saturated heterocycles. The van der Waals surface area contributed by atoms with Gasteiger partial charge in [0.15, 0.2) is 0 Å². The Kier molecular flexibility index (Phi) is 6.06. The highest BCUT2D eigenvalue weighted by Gasteiger charge is 2.16. The molecule has 21 heavy (non-hydrogen) atoms. The molecule has 0 aliphatic heterocycles. The van der Waals surface area contributed by atoms with Crippen molar-refractivity contribution in [1.29, 1.82) is 0 Å². The summed E-state index contributed by atoms with van der Waals surface area (Å²) in [6.07, 6.45) is 0.686. The lowest BCUT2D eigenvalue weighted by molar-refractivity contribution is 0.547. The number of hydrogen-bond acceptors (Lipinski definition) is 1. The monoisotopic (exact) mass is 389 g/mol. The molecular formula is C16H15BrCl2FN. The second kappa shape index (κ2) is 7.59. The summed E-state index contributed by atoms with van der Waals surface area (Å²) in [6, 6.07) is 10.3. The molecule has 2 aromatic rings. The Hall–Kier alpha value is -0.610. The first-order valence-electron chi connectivity index (χ1n) is 6.63. The van der Waals surface area contributed by atoms with E-state index in [1.165, 1.54) is 12.1 Å². The minimum atomic E-state index is -0.333. The first-order valence-corrected chi connectivity index (χ1v) is 8.18. The Morgan fingerprint density at radius 2 is 1.90 bits per heavy atom. The Bertz CT molecular complexity index is 634. The number of nitrogens with one attached hydrogen (secondary N) is 1. The van der Waals surface area contributed by atoms with Crippen molar-refractivity contribution in [2.75, 3.05) is 6.54 Å².